The summed E-state index contributed by atoms with van der Waals surface area (Å²) in [7, 11) is 1.51. The number of methoxy groups -OCH3 is 1. The zero-order valence-corrected chi connectivity index (χ0v) is 13.6. The number of anilines is 1. The number of hydrogen-bond donors (Lipinski definition) is 1. The second-order valence-corrected chi connectivity index (χ2v) is 4.57. The number of ether oxygens (including phenoxy) is 3. The van der Waals surface area contributed by atoms with E-state index in [1.165, 1.54) is 7.11 Å². The molecule has 6 nitrogen and oxygen atoms in total. The summed E-state index contributed by atoms with van der Waals surface area (Å²) in [4.78, 5) is 23.9. The number of esters is 2. The fourth-order valence-electron chi connectivity index (χ4n) is 1.71. The van der Waals surface area contributed by atoms with E-state index in [-0.39, 0.29) is 18.2 Å². The zero-order chi connectivity index (χ0) is 16.5. The molecule has 7 heteroatoms. The molecule has 1 aromatic rings. The lowest BCUT2D eigenvalue weighted by Gasteiger charge is -2.18. The summed E-state index contributed by atoms with van der Waals surface area (Å²) in [6.07, 6.45) is 0. The average Bonchev–Trinajstić information content (AvgIpc) is 2.48. The molecule has 1 N–H and O–H groups in total. The molecule has 0 heterocycles. The summed E-state index contributed by atoms with van der Waals surface area (Å²) in [5.41, 5.74) is 0.550. The predicted molar refractivity (Wildman–Crippen MR) is 86.0 cm³/mol. The van der Waals surface area contributed by atoms with Crippen molar-refractivity contribution in [2.75, 3.05) is 25.6 Å². The first kappa shape index (κ1) is 17.9. The van der Waals surface area contributed by atoms with Gasteiger partial charge in [-0.15, -0.1) is 0 Å². The molecule has 0 bridgehead atoms. The maximum absolute atomic E-state index is 12.0. The molecule has 0 saturated carbocycles. The lowest BCUT2D eigenvalue weighted by atomic mass is 10.1. The van der Waals surface area contributed by atoms with Crippen molar-refractivity contribution in [3.8, 4) is 5.75 Å². The van der Waals surface area contributed by atoms with Crippen LogP contribution in [0.25, 0.3) is 0 Å². The Kier molecular flexibility index (Phi) is 7.31. The lowest BCUT2D eigenvalue weighted by Crippen LogP contribution is -2.37. The summed E-state index contributed by atoms with van der Waals surface area (Å²) in [5.74, 6) is -2.25. The van der Waals surface area contributed by atoms with E-state index < -0.39 is 17.9 Å². The molecule has 1 rings (SSSR count). The van der Waals surface area contributed by atoms with Crippen LogP contribution in [0.4, 0.5) is 5.69 Å². The van der Waals surface area contributed by atoms with E-state index in [0.717, 1.165) is 0 Å². The van der Waals surface area contributed by atoms with Gasteiger partial charge in [-0.2, -0.15) is 0 Å². The van der Waals surface area contributed by atoms with Crippen molar-refractivity contribution in [3.63, 3.8) is 0 Å². The van der Waals surface area contributed by atoms with Crippen LogP contribution in [0.5, 0.6) is 5.75 Å². The topological polar surface area (TPSA) is 73.9 Å². The molecule has 0 aliphatic rings. The maximum Gasteiger partial charge on any atom is 0.327 e. The maximum atomic E-state index is 12.0. The number of para-hydroxylation sites is 2. The number of benzene rings is 1. The van der Waals surface area contributed by atoms with Gasteiger partial charge in [0.05, 0.1) is 26.0 Å². The van der Waals surface area contributed by atoms with Gasteiger partial charge in [0.2, 0.25) is 5.92 Å². The number of rotatable bonds is 7. The molecule has 120 valence electrons. The molecule has 0 atom stereocenters. The van der Waals surface area contributed by atoms with E-state index in [1.54, 1.807) is 38.1 Å². The first-order valence-electron chi connectivity index (χ1n) is 6.82. The molecule has 22 heavy (non-hydrogen) atoms. The Balaban J connectivity index is 2.96. The molecule has 0 saturated heterocycles. The van der Waals surface area contributed by atoms with Gasteiger partial charge in [0.1, 0.15) is 10.7 Å². The SMILES string of the molecule is CCOC(=O)C(C(=O)OCC)C(=S)Nc1ccccc1OC. The number of carbonyl (C=O) groups is 2. The predicted octanol–water partition coefficient (Wildman–Crippen LogP) is 2.18. The Bertz CT molecular complexity index is 528. The van der Waals surface area contributed by atoms with E-state index in [2.05, 4.69) is 5.32 Å². The average molecular weight is 325 g/mol. The van der Waals surface area contributed by atoms with Crippen molar-refractivity contribution in [1.82, 2.24) is 0 Å². The van der Waals surface area contributed by atoms with Crippen LogP contribution in [-0.4, -0.2) is 37.3 Å². The summed E-state index contributed by atoms with van der Waals surface area (Å²) >= 11 is 5.18. The van der Waals surface area contributed by atoms with E-state index in [4.69, 9.17) is 26.4 Å². The van der Waals surface area contributed by atoms with Crippen molar-refractivity contribution < 1.29 is 23.8 Å². The Morgan fingerprint density at radius 3 is 2.18 bits per heavy atom. The van der Waals surface area contributed by atoms with Crippen molar-refractivity contribution in [1.29, 1.82) is 0 Å². The molecular formula is C15H19NO5S. The van der Waals surface area contributed by atoms with Crippen molar-refractivity contribution >= 4 is 34.8 Å². The second kappa shape index (κ2) is 8.99. The minimum absolute atomic E-state index is 0.00130. The van der Waals surface area contributed by atoms with E-state index in [0.29, 0.717) is 11.4 Å². The normalized spacial score (nSPS) is 10.0. The van der Waals surface area contributed by atoms with Gasteiger partial charge in [0, 0.05) is 0 Å². The van der Waals surface area contributed by atoms with Crippen LogP contribution in [0, 0.1) is 5.92 Å². The third kappa shape index (κ3) is 4.70. The van der Waals surface area contributed by atoms with Gasteiger partial charge in [-0.25, -0.2) is 0 Å². The minimum atomic E-state index is -1.31. The highest BCUT2D eigenvalue weighted by Gasteiger charge is 2.34. The largest absolute Gasteiger partial charge is 0.495 e. The van der Waals surface area contributed by atoms with Gasteiger partial charge in [0.15, 0.2) is 0 Å². The number of carbonyl (C=O) groups excluding carboxylic acids is 2. The zero-order valence-electron chi connectivity index (χ0n) is 12.8. The Hall–Kier alpha value is -2.15. The lowest BCUT2D eigenvalue weighted by molar-refractivity contribution is -0.157. The molecule has 1 aromatic carbocycles. The van der Waals surface area contributed by atoms with Crippen LogP contribution in [-0.2, 0) is 19.1 Å². The molecule has 0 spiro atoms. The molecule has 0 fully saturated rings. The third-order valence-corrected chi connectivity index (χ3v) is 3.01. The first-order chi connectivity index (χ1) is 10.5. The highest BCUT2D eigenvalue weighted by Crippen LogP contribution is 2.24. The fraction of sp³-hybridized carbons (Fsp3) is 0.400. The van der Waals surface area contributed by atoms with Crippen LogP contribution in [0.3, 0.4) is 0 Å². The van der Waals surface area contributed by atoms with Crippen molar-refractivity contribution in [2.45, 2.75) is 13.8 Å². The molecule has 0 aromatic heterocycles. The van der Waals surface area contributed by atoms with Crippen LogP contribution < -0.4 is 10.1 Å². The van der Waals surface area contributed by atoms with Gasteiger partial charge in [-0.3, -0.25) is 9.59 Å². The van der Waals surface area contributed by atoms with Gasteiger partial charge in [-0.1, -0.05) is 24.4 Å². The Morgan fingerprint density at radius 1 is 1.14 bits per heavy atom. The Morgan fingerprint density at radius 2 is 1.68 bits per heavy atom. The van der Waals surface area contributed by atoms with Crippen LogP contribution in [0.15, 0.2) is 24.3 Å². The number of thiocarbonyl (C=S) groups is 1. The van der Waals surface area contributed by atoms with Crippen molar-refractivity contribution in [3.05, 3.63) is 24.3 Å². The molecule has 0 radical (unpaired) electrons. The Labute approximate surface area is 134 Å². The summed E-state index contributed by atoms with van der Waals surface area (Å²) in [6, 6.07) is 7.02. The second-order valence-electron chi connectivity index (χ2n) is 4.13. The van der Waals surface area contributed by atoms with Crippen molar-refractivity contribution in [2.24, 2.45) is 5.92 Å². The van der Waals surface area contributed by atoms with Gasteiger partial charge < -0.3 is 19.5 Å². The summed E-state index contributed by atoms with van der Waals surface area (Å²) in [6.45, 7) is 3.59. The molecule has 0 aliphatic heterocycles. The number of nitrogens with one attached hydrogen (secondary N) is 1. The van der Waals surface area contributed by atoms with Gasteiger partial charge in [0.25, 0.3) is 0 Å². The quantitative estimate of drug-likeness (QED) is 0.468. The monoisotopic (exact) mass is 325 g/mol. The first-order valence-corrected chi connectivity index (χ1v) is 7.23. The molecule has 0 unspecified atom stereocenters. The molecule has 0 aliphatic carbocycles. The van der Waals surface area contributed by atoms with E-state index in [1.807, 2.05) is 0 Å². The van der Waals surface area contributed by atoms with Crippen LogP contribution >= 0.6 is 12.2 Å². The van der Waals surface area contributed by atoms with E-state index in [9.17, 15) is 9.59 Å². The van der Waals surface area contributed by atoms with Crippen LogP contribution in [0.1, 0.15) is 13.8 Å². The van der Waals surface area contributed by atoms with E-state index >= 15 is 0 Å². The number of hydrogen-bond acceptors (Lipinski definition) is 6. The van der Waals surface area contributed by atoms with Crippen LogP contribution in [0.2, 0.25) is 0 Å². The molecular weight excluding hydrogens is 306 g/mol. The highest BCUT2D eigenvalue weighted by molar-refractivity contribution is 7.80. The smallest absolute Gasteiger partial charge is 0.327 e. The highest BCUT2D eigenvalue weighted by atomic mass is 32.1. The minimum Gasteiger partial charge on any atom is -0.495 e. The fourth-order valence-corrected chi connectivity index (χ4v) is 2.02. The molecule has 0 amide bonds. The van der Waals surface area contributed by atoms with Gasteiger partial charge >= 0.3 is 11.9 Å². The summed E-state index contributed by atoms with van der Waals surface area (Å²) < 4.78 is 15.0. The third-order valence-electron chi connectivity index (χ3n) is 2.67. The summed E-state index contributed by atoms with van der Waals surface area (Å²) in [5, 5.41) is 2.84. The standard InChI is InChI=1S/C15H19NO5S/c1-4-20-14(17)12(15(18)21-5-2)13(22)16-10-8-6-7-9-11(10)19-3/h6-9,12H,4-5H2,1-3H3,(H,16,22). The van der Waals surface area contributed by atoms with Gasteiger partial charge in [-0.05, 0) is 26.0 Å².